The van der Waals surface area contributed by atoms with Crippen LogP contribution in [-0.2, 0) is 6.18 Å². The Morgan fingerprint density at radius 1 is 1.24 bits per heavy atom. The molecule has 0 unspecified atom stereocenters. The second-order valence-corrected chi connectivity index (χ2v) is 3.82. The number of nitrogens with two attached hydrogens (primary N) is 1. The van der Waals surface area contributed by atoms with Gasteiger partial charge in [0.2, 0.25) is 6.43 Å². The number of hydrogen-bond acceptors (Lipinski definition) is 1. The van der Waals surface area contributed by atoms with E-state index in [1.807, 2.05) is 0 Å². The van der Waals surface area contributed by atoms with Crippen LogP contribution in [0.25, 0.3) is 0 Å². The molecule has 1 aromatic rings. The van der Waals surface area contributed by atoms with Crippen LogP contribution < -0.4 is 5.73 Å². The molecule has 1 rings (SSSR count). The fourth-order valence-corrected chi connectivity index (χ4v) is 1.75. The SMILES string of the molecule is N[C@@H](CC(F)F)c1cccc(C(F)(F)F)c1Cl. The molecule has 17 heavy (non-hydrogen) atoms. The minimum absolute atomic E-state index is 0.123. The van der Waals surface area contributed by atoms with E-state index < -0.39 is 35.7 Å². The minimum atomic E-state index is -4.63. The molecule has 0 saturated carbocycles. The van der Waals surface area contributed by atoms with Crippen molar-refractivity contribution in [1.82, 2.24) is 0 Å². The maximum absolute atomic E-state index is 12.5. The highest BCUT2D eigenvalue weighted by Crippen LogP contribution is 2.38. The van der Waals surface area contributed by atoms with Crippen LogP contribution in [0.5, 0.6) is 0 Å². The van der Waals surface area contributed by atoms with Gasteiger partial charge >= 0.3 is 6.18 Å². The zero-order valence-electron chi connectivity index (χ0n) is 8.44. The lowest BCUT2D eigenvalue weighted by atomic mass is 10.0. The van der Waals surface area contributed by atoms with E-state index >= 15 is 0 Å². The molecule has 1 atom stereocenters. The number of alkyl halides is 5. The van der Waals surface area contributed by atoms with Gasteiger partial charge in [0.1, 0.15) is 0 Å². The Hall–Kier alpha value is -0.880. The Balaban J connectivity index is 3.10. The molecule has 0 aliphatic heterocycles. The van der Waals surface area contributed by atoms with Crippen LogP contribution >= 0.6 is 11.6 Å². The second-order valence-electron chi connectivity index (χ2n) is 3.44. The van der Waals surface area contributed by atoms with E-state index in [0.717, 1.165) is 12.1 Å². The molecule has 0 aromatic heterocycles. The first-order chi connectivity index (χ1) is 7.73. The molecule has 0 heterocycles. The Labute approximate surface area is 99.4 Å². The van der Waals surface area contributed by atoms with Crippen molar-refractivity contribution in [2.45, 2.75) is 25.1 Å². The molecule has 7 heteroatoms. The van der Waals surface area contributed by atoms with Gasteiger partial charge in [-0.15, -0.1) is 0 Å². The number of benzene rings is 1. The van der Waals surface area contributed by atoms with Crippen molar-refractivity contribution in [2.75, 3.05) is 0 Å². The van der Waals surface area contributed by atoms with E-state index in [0.29, 0.717) is 0 Å². The fourth-order valence-electron chi connectivity index (χ4n) is 1.37. The third kappa shape index (κ3) is 3.54. The van der Waals surface area contributed by atoms with Crippen LogP contribution in [0.2, 0.25) is 5.02 Å². The van der Waals surface area contributed by atoms with Crippen molar-refractivity contribution >= 4 is 11.6 Å². The van der Waals surface area contributed by atoms with Crippen molar-refractivity contribution < 1.29 is 22.0 Å². The molecule has 0 saturated heterocycles. The first-order valence-corrected chi connectivity index (χ1v) is 5.00. The molecule has 0 amide bonds. The number of halogens is 6. The zero-order valence-corrected chi connectivity index (χ0v) is 9.19. The highest BCUT2D eigenvalue weighted by Gasteiger charge is 2.34. The lowest BCUT2D eigenvalue weighted by Crippen LogP contribution is -2.16. The lowest BCUT2D eigenvalue weighted by molar-refractivity contribution is -0.137. The molecular formula is C10H9ClF5N. The quantitative estimate of drug-likeness (QED) is 0.827. The van der Waals surface area contributed by atoms with Gasteiger partial charge in [-0.05, 0) is 11.6 Å². The third-order valence-corrected chi connectivity index (χ3v) is 2.59. The summed E-state index contributed by atoms with van der Waals surface area (Å²) in [4.78, 5) is 0. The molecule has 0 fully saturated rings. The summed E-state index contributed by atoms with van der Waals surface area (Å²) < 4.78 is 61.6. The Kier molecular flexibility index (Phi) is 4.32. The minimum Gasteiger partial charge on any atom is -0.324 e. The molecule has 0 radical (unpaired) electrons. The summed E-state index contributed by atoms with van der Waals surface area (Å²) in [5.74, 6) is 0. The maximum Gasteiger partial charge on any atom is 0.417 e. The summed E-state index contributed by atoms with van der Waals surface area (Å²) in [7, 11) is 0. The first kappa shape index (κ1) is 14.2. The topological polar surface area (TPSA) is 26.0 Å². The van der Waals surface area contributed by atoms with Crippen LogP contribution in [0.3, 0.4) is 0 Å². The van der Waals surface area contributed by atoms with Crippen LogP contribution in [-0.4, -0.2) is 6.43 Å². The normalized spacial score (nSPS) is 14.1. The average molecular weight is 274 g/mol. The molecule has 0 aliphatic carbocycles. The summed E-state index contributed by atoms with van der Waals surface area (Å²) in [5.41, 5.74) is 4.19. The van der Waals surface area contributed by atoms with E-state index in [2.05, 4.69) is 0 Å². The van der Waals surface area contributed by atoms with Crippen molar-refractivity contribution in [2.24, 2.45) is 5.73 Å². The van der Waals surface area contributed by atoms with Gasteiger partial charge in [-0.3, -0.25) is 0 Å². The molecule has 2 N–H and O–H groups in total. The predicted octanol–water partition coefficient (Wildman–Crippen LogP) is 4.01. The van der Waals surface area contributed by atoms with E-state index in [-0.39, 0.29) is 5.56 Å². The maximum atomic E-state index is 12.5. The molecular weight excluding hydrogens is 265 g/mol. The van der Waals surface area contributed by atoms with Crippen LogP contribution in [0.15, 0.2) is 18.2 Å². The number of rotatable bonds is 3. The first-order valence-electron chi connectivity index (χ1n) is 4.62. The Bertz CT molecular complexity index is 391. The smallest absolute Gasteiger partial charge is 0.324 e. The van der Waals surface area contributed by atoms with Crippen LogP contribution in [0.4, 0.5) is 22.0 Å². The van der Waals surface area contributed by atoms with Gasteiger partial charge < -0.3 is 5.73 Å². The predicted molar refractivity (Wildman–Crippen MR) is 54.0 cm³/mol. The summed E-state index contributed by atoms with van der Waals surface area (Å²) >= 11 is 5.53. The Morgan fingerprint density at radius 3 is 2.29 bits per heavy atom. The molecule has 1 aromatic carbocycles. The second kappa shape index (κ2) is 5.18. The van der Waals surface area contributed by atoms with Gasteiger partial charge in [0.15, 0.2) is 0 Å². The van der Waals surface area contributed by atoms with Crippen molar-refractivity contribution in [3.63, 3.8) is 0 Å². The monoisotopic (exact) mass is 273 g/mol. The van der Waals surface area contributed by atoms with Gasteiger partial charge in [0.25, 0.3) is 0 Å². The van der Waals surface area contributed by atoms with E-state index in [1.165, 1.54) is 6.07 Å². The summed E-state index contributed by atoms with van der Waals surface area (Å²) in [5, 5.41) is -0.617. The number of hydrogen-bond donors (Lipinski definition) is 1. The average Bonchev–Trinajstić information content (AvgIpc) is 2.14. The van der Waals surface area contributed by atoms with E-state index in [1.54, 1.807) is 0 Å². The van der Waals surface area contributed by atoms with Gasteiger partial charge in [-0.25, -0.2) is 8.78 Å². The molecule has 0 spiro atoms. The van der Waals surface area contributed by atoms with Crippen molar-refractivity contribution in [3.05, 3.63) is 34.3 Å². The van der Waals surface area contributed by atoms with Crippen molar-refractivity contribution in [3.8, 4) is 0 Å². The molecule has 96 valence electrons. The largest absolute Gasteiger partial charge is 0.417 e. The summed E-state index contributed by atoms with van der Waals surface area (Å²) in [6, 6.07) is 1.87. The van der Waals surface area contributed by atoms with Crippen molar-refractivity contribution in [1.29, 1.82) is 0 Å². The van der Waals surface area contributed by atoms with E-state index in [4.69, 9.17) is 17.3 Å². The third-order valence-electron chi connectivity index (χ3n) is 2.17. The van der Waals surface area contributed by atoms with Gasteiger partial charge in [-0.2, -0.15) is 13.2 Å². The van der Waals surface area contributed by atoms with Gasteiger partial charge in [0.05, 0.1) is 10.6 Å². The van der Waals surface area contributed by atoms with E-state index in [9.17, 15) is 22.0 Å². The molecule has 1 nitrogen and oxygen atoms in total. The highest BCUT2D eigenvalue weighted by atomic mass is 35.5. The molecule has 0 bridgehead atoms. The standard InChI is InChI=1S/C10H9ClF5N/c11-9-5(7(17)4-8(12)13)2-1-3-6(9)10(14,15)16/h1-3,7-8H,4,17H2/t7-/m0/s1. The zero-order chi connectivity index (χ0) is 13.2. The lowest BCUT2D eigenvalue weighted by Gasteiger charge is -2.16. The van der Waals surface area contributed by atoms with Crippen LogP contribution in [0, 0.1) is 0 Å². The molecule has 0 aliphatic rings. The van der Waals surface area contributed by atoms with Crippen LogP contribution in [0.1, 0.15) is 23.6 Å². The summed E-state index contributed by atoms with van der Waals surface area (Å²) in [6.07, 6.45) is -8.06. The Morgan fingerprint density at radius 2 is 1.82 bits per heavy atom. The highest BCUT2D eigenvalue weighted by molar-refractivity contribution is 6.32. The summed E-state index contributed by atoms with van der Waals surface area (Å²) in [6.45, 7) is 0. The van der Waals surface area contributed by atoms with Gasteiger partial charge in [-0.1, -0.05) is 23.7 Å². The fraction of sp³-hybridized carbons (Fsp3) is 0.400. The van der Waals surface area contributed by atoms with Gasteiger partial charge in [0, 0.05) is 12.5 Å².